The molecule has 1 aromatic rings. The van der Waals surface area contributed by atoms with Crippen LogP contribution in [0.2, 0.25) is 0 Å². The molecule has 0 radical (unpaired) electrons. The summed E-state index contributed by atoms with van der Waals surface area (Å²) >= 11 is 0. The Morgan fingerprint density at radius 2 is 2.00 bits per heavy atom. The molecule has 1 aliphatic heterocycles. The van der Waals surface area contributed by atoms with E-state index in [-0.39, 0.29) is 24.8 Å². The van der Waals surface area contributed by atoms with Crippen molar-refractivity contribution in [2.45, 2.75) is 25.9 Å². The third-order valence-electron chi connectivity index (χ3n) is 4.33. The van der Waals surface area contributed by atoms with Crippen LogP contribution in [0.25, 0.3) is 5.57 Å². The Labute approximate surface area is 152 Å². The lowest BCUT2D eigenvalue weighted by molar-refractivity contribution is -0.133. The van der Waals surface area contributed by atoms with Crippen LogP contribution in [0.5, 0.6) is 0 Å². The van der Waals surface area contributed by atoms with E-state index >= 15 is 0 Å². The molecule has 0 aromatic heterocycles. The van der Waals surface area contributed by atoms with E-state index in [0.717, 1.165) is 23.1 Å². The van der Waals surface area contributed by atoms with Crippen LogP contribution < -0.4 is 5.32 Å². The number of hydrogen-bond acceptors (Lipinski definition) is 5. The van der Waals surface area contributed by atoms with E-state index < -0.39 is 12.7 Å². The highest BCUT2D eigenvalue weighted by molar-refractivity contribution is 5.98. The number of amides is 2. The van der Waals surface area contributed by atoms with E-state index in [0.29, 0.717) is 18.8 Å². The minimum absolute atomic E-state index is 0.131. The molecular formula is C19H25N3O4. The third-order valence-corrected chi connectivity index (χ3v) is 4.33. The van der Waals surface area contributed by atoms with Gasteiger partial charge in [-0.1, -0.05) is 30.3 Å². The number of nitrogens with zero attached hydrogens (tertiary/aromatic N) is 1. The lowest BCUT2D eigenvalue weighted by Crippen LogP contribution is -2.36. The van der Waals surface area contributed by atoms with Crippen molar-refractivity contribution in [3.63, 3.8) is 0 Å². The lowest BCUT2D eigenvalue weighted by Gasteiger charge is -2.26. The molecule has 1 aliphatic rings. The second kappa shape index (κ2) is 9.26. The van der Waals surface area contributed by atoms with E-state index in [1.54, 1.807) is 4.90 Å². The molecule has 2 amide bonds. The van der Waals surface area contributed by atoms with Crippen molar-refractivity contribution >= 4 is 23.1 Å². The highest BCUT2D eigenvalue weighted by atomic mass is 16.3. The summed E-state index contributed by atoms with van der Waals surface area (Å²) in [6.45, 7) is 2.12. The fourth-order valence-electron chi connectivity index (χ4n) is 2.83. The predicted molar refractivity (Wildman–Crippen MR) is 98.8 cm³/mol. The van der Waals surface area contributed by atoms with Crippen molar-refractivity contribution in [3.8, 4) is 0 Å². The normalized spacial score (nSPS) is 15.2. The summed E-state index contributed by atoms with van der Waals surface area (Å²) in [5.41, 5.74) is 3.21. The van der Waals surface area contributed by atoms with Gasteiger partial charge in [0.05, 0.1) is 6.10 Å². The summed E-state index contributed by atoms with van der Waals surface area (Å²) < 4.78 is 0. The standard InChI is InChI=1S/C19H25N3O4/c1-13(24)21-11-17(25)10-18(20)16-4-2-14(3-5-16)15-6-8-22(9-7-15)19(26)12-23/h2-6,17,20,23,25H,7-12H2,1H3,(H,21,24). The van der Waals surface area contributed by atoms with Gasteiger partial charge in [-0.25, -0.2) is 0 Å². The highest BCUT2D eigenvalue weighted by Gasteiger charge is 2.17. The van der Waals surface area contributed by atoms with Crippen molar-refractivity contribution in [3.05, 3.63) is 41.5 Å². The van der Waals surface area contributed by atoms with Crippen molar-refractivity contribution in [1.82, 2.24) is 10.2 Å². The molecule has 0 aliphatic carbocycles. The molecule has 140 valence electrons. The molecule has 7 nitrogen and oxygen atoms in total. The molecule has 1 heterocycles. The minimum Gasteiger partial charge on any atom is -0.391 e. The molecule has 7 heteroatoms. The topological polar surface area (TPSA) is 114 Å². The van der Waals surface area contributed by atoms with Gasteiger partial charge in [0.15, 0.2) is 0 Å². The van der Waals surface area contributed by atoms with Gasteiger partial charge in [-0.3, -0.25) is 9.59 Å². The van der Waals surface area contributed by atoms with Crippen LogP contribution in [0.4, 0.5) is 0 Å². The fourth-order valence-corrected chi connectivity index (χ4v) is 2.83. The number of aliphatic hydroxyl groups is 2. The van der Waals surface area contributed by atoms with Crippen molar-refractivity contribution in [1.29, 1.82) is 5.41 Å². The molecule has 2 rings (SSSR count). The lowest BCUT2D eigenvalue weighted by atomic mass is 9.96. The summed E-state index contributed by atoms with van der Waals surface area (Å²) in [4.78, 5) is 23.9. The minimum atomic E-state index is -0.790. The first kappa shape index (κ1) is 19.8. The molecule has 26 heavy (non-hydrogen) atoms. The molecule has 0 saturated heterocycles. The summed E-state index contributed by atoms with van der Waals surface area (Å²) in [5.74, 6) is -0.470. The first-order valence-electron chi connectivity index (χ1n) is 8.59. The van der Waals surface area contributed by atoms with Gasteiger partial charge in [0.1, 0.15) is 6.61 Å². The van der Waals surface area contributed by atoms with Crippen LogP contribution in [-0.4, -0.2) is 65.0 Å². The van der Waals surface area contributed by atoms with Crippen molar-refractivity contribution in [2.75, 3.05) is 26.2 Å². The Bertz CT molecular complexity index is 697. The van der Waals surface area contributed by atoms with Crippen LogP contribution in [-0.2, 0) is 9.59 Å². The van der Waals surface area contributed by atoms with Crippen LogP contribution >= 0.6 is 0 Å². The Morgan fingerprint density at radius 1 is 1.31 bits per heavy atom. The maximum absolute atomic E-state index is 11.5. The first-order chi connectivity index (χ1) is 12.4. The van der Waals surface area contributed by atoms with E-state index in [2.05, 4.69) is 5.32 Å². The molecule has 4 N–H and O–H groups in total. The molecule has 0 fully saturated rings. The summed E-state index contributed by atoms with van der Waals surface area (Å²) in [5, 5.41) is 29.4. The van der Waals surface area contributed by atoms with Crippen LogP contribution in [0, 0.1) is 5.41 Å². The molecule has 1 aromatic carbocycles. The monoisotopic (exact) mass is 359 g/mol. The van der Waals surface area contributed by atoms with Gasteiger partial charge in [-0.2, -0.15) is 0 Å². The molecule has 1 atom stereocenters. The zero-order chi connectivity index (χ0) is 19.1. The highest BCUT2D eigenvalue weighted by Crippen LogP contribution is 2.23. The van der Waals surface area contributed by atoms with Gasteiger partial charge in [0, 0.05) is 38.7 Å². The van der Waals surface area contributed by atoms with E-state index in [1.165, 1.54) is 6.92 Å². The third kappa shape index (κ3) is 5.50. The van der Waals surface area contributed by atoms with Crippen LogP contribution in [0.1, 0.15) is 30.9 Å². The van der Waals surface area contributed by atoms with Gasteiger partial charge >= 0.3 is 0 Å². The van der Waals surface area contributed by atoms with Gasteiger partial charge in [0.2, 0.25) is 11.8 Å². The molecule has 0 bridgehead atoms. The van der Waals surface area contributed by atoms with E-state index in [1.807, 2.05) is 30.3 Å². The SMILES string of the molecule is CC(=O)NCC(O)CC(=N)c1ccc(C2=CCN(C(=O)CO)CC2)cc1. The second-order valence-corrected chi connectivity index (χ2v) is 6.33. The average Bonchev–Trinajstić information content (AvgIpc) is 2.66. The van der Waals surface area contributed by atoms with Crippen molar-refractivity contribution < 1.29 is 19.8 Å². The number of carbonyl (C=O) groups excluding carboxylic acids is 2. The van der Waals surface area contributed by atoms with Crippen molar-refractivity contribution in [2.24, 2.45) is 0 Å². The average molecular weight is 359 g/mol. The maximum Gasteiger partial charge on any atom is 0.248 e. The zero-order valence-electron chi connectivity index (χ0n) is 14.9. The fraction of sp³-hybridized carbons (Fsp3) is 0.421. The Balaban J connectivity index is 1.94. The molecule has 0 spiro atoms. The van der Waals surface area contributed by atoms with Crippen LogP contribution in [0.15, 0.2) is 30.3 Å². The first-order valence-corrected chi connectivity index (χ1v) is 8.59. The molecular weight excluding hydrogens is 334 g/mol. The summed E-state index contributed by atoms with van der Waals surface area (Å²) in [6.07, 6.45) is 2.08. The Morgan fingerprint density at radius 3 is 2.54 bits per heavy atom. The predicted octanol–water partition coefficient (Wildman–Crippen LogP) is 0.550. The largest absolute Gasteiger partial charge is 0.391 e. The Kier molecular flexibility index (Phi) is 7.06. The number of aliphatic hydroxyl groups excluding tert-OH is 2. The van der Waals surface area contributed by atoms with Gasteiger partial charge < -0.3 is 25.8 Å². The van der Waals surface area contributed by atoms with Gasteiger partial charge in [0.25, 0.3) is 0 Å². The van der Waals surface area contributed by atoms with E-state index in [4.69, 9.17) is 10.5 Å². The number of carbonyl (C=O) groups is 2. The summed E-state index contributed by atoms with van der Waals surface area (Å²) in [7, 11) is 0. The quantitative estimate of drug-likeness (QED) is 0.532. The number of benzene rings is 1. The zero-order valence-corrected chi connectivity index (χ0v) is 14.9. The maximum atomic E-state index is 11.5. The summed E-state index contributed by atoms with van der Waals surface area (Å²) in [6, 6.07) is 7.54. The number of nitrogens with one attached hydrogen (secondary N) is 2. The van der Waals surface area contributed by atoms with Crippen LogP contribution in [0.3, 0.4) is 0 Å². The van der Waals surface area contributed by atoms with E-state index in [9.17, 15) is 14.7 Å². The number of rotatable bonds is 7. The van der Waals surface area contributed by atoms with Gasteiger partial charge in [-0.15, -0.1) is 0 Å². The Hall–Kier alpha value is -2.51. The second-order valence-electron chi connectivity index (χ2n) is 6.33. The number of hydrogen-bond donors (Lipinski definition) is 4. The van der Waals surface area contributed by atoms with Gasteiger partial charge in [-0.05, 0) is 23.1 Å². The smallest absolute Gasteiger partial charge is 0.248 e. The molecule has 1 unspecified atom stereocenters. The molecule has 0 saturated carbocycles.